The van der Waals surface area contributed by atoms with Gasteiger partial charge in [0.15, 0.2) is 0 Å². The molecular formula is C140H88N4S4. The number of fused-ring (bicyclic) bond motifs is 12. The average Bonchev–Trinajstić information content (AvgIpc) is 1.58. The standard InChI is InChI=1S/C76H48N2S2.C64H40N2S2/c1-3-13-49(14-4-1)51-25-37-57(38-26-51)77(59-41-29-53(30-42-59)61-19-11-21-65-63-17-7-9-23-71(63)79-75(61)65)69-47-35-55-34-46-68-70(48-36-56-33-45-67(69)73(55)74(56)68)78(58-39-27-52(28-40-58)50-15-5-2-6-16-50)60-43-31-54(32-44-60)62-20-12-22-66-64-18-8-10-24-72(64)80-76(62)66;1-3-13-45(14-4-1)65(47-33-25-41(26-34-47)49-19-11-21-53-51-17-7-9-23-59(51)67-63(49)53)57-39-31-43-30-38-56-58(40-32-44-29-37-55(57)61(43)62(44)56)66(46-15-5-2-6-16-46)48-35-27-42(28-36-48)50-20-12-22-54-52-18-8-10-24-60(52)68-64(50)54/h1-48H;1-40H. The Hall–Kier alpha value is -18.1. The first-order valence-electron chi connectivity index (χ1n) is 50.5. The van der Waals surface area contributed by atoms with E-state index in [2.05, 4.69) is 553 Å². The summed E-state index contributed by atoms with van der Waals surface area (Å²) in [5.41, 5.74) is 28.0. The highest BCUT2D eigenvalue weighted by molar-refractivity contribution is 7.27. The molecular weight excluding hydrogens is 1870 g/mol. The second-order valence-electron chi connectivity index (χ2n) is 38.3. The number of para-hydroxylation sites is 2. The van der Waals surface area contributed by atoms with Crippen molar-refractivity contribution in [3.8, 4) is 66.8 Å². The van der Waals surface area contributed by atoms with Crippen molar-refractivity contribution in [2.24, 2.45) is 0 Å². The summed E-state index contributed by atoms with van der Waals surface area (Å²) in [6.07, 6.45) is 0. The summed E-state index contributed by atoms with van der Waals surface area (Å²) >= 11 is 7.51. The highest BCUT2D eigenvalue weighted by Crippen LogP contribution is 2.55. The molecule has 692 valence electrons. The maximum atomic E-state index is 2.45. The van der Waals surface area contributed by atoms with Crippen molar-refractivity contribution >= 4 is 259 Å². The van der Waals surface area contributed by atoms with Gasteiger partial charge in [0.2, 0.25) is 0 Å². The van der Waals surface area contributed by atoms with Crippen molar-refractivity contribution in [1.29, 1.82) is 0 Å². The quantitative estimate of drug-likeness (QED) is 0.0794. The molecule has 4 heterocycles. The maximum absolute atomic E-state index is 2.45. The normalized spacial score (nSPS) is 11.8. The molecule has 0 N–H and O–H groups in total. The molecule has 30 aromatic rings. The molecule has 0 aliphatic carbocycles. The first kappa shape index (κ1) is 86.5. The van der Waals surface area contributed by atoms with Crippen molar-refractivity contribution in [1.82, 2.24) is 0 Å². The van der Waals surface area contributed by atoms with Crippen LogP contribution in [0.15, 0.2) is 534 Å². The zero-order chi connectivity index (χ0) is 97.4. The van der Waals surface area contributed by atoms with Gasteiger partial charge < -0.3 is 19.6 Å². The molecule has 0 saturated carbocycles. The third-order valence-corrected chi connectivity index (χ3v) is 34.9. The van der Waals surface area contributed by atoms with E-state index >= 15 is 0 Å². The Balaban J connectivity index is 0.000000141. The Bertz CT molecular complexity index is 9750. The van der Waals surface area contributed by atoms with Crippen molar-refractivity contribution < 1.29 is 0 Å². The SMILES string of the molecule is c1ccc(-c2ccc(N(c3ccc(-c4cccc5c4sc4ccccc45)cc3)c3ccc4ccc5c(N(c6ccc(-c7ccccc7)cc6)c6ccc(-c7cccc8c7sc7ccccc78)cc6)ccc6ccc3c4c65)cc2)cc1.c1ccc(N(c2ccc(-c3cccc4c3sc3ccccc34)cc2)c2ccc3ccc4c(N(c5ccccc5)c5ccc(-c6cccc7c6sc6ccccc67)cc5)ccc5ccc2c3c54)cc1. The molecule has 4 aromatic heterocycles. The predicted molar refractivity (Wildman–Crippen MR) is 643 cm³/mol. The van der Waals surface area contributed by atoms with E-state index in [-0.39, 0.29) is 0 Å². The summed E-state index contributed by atoms with van der Waals surface area (Å²) < 4.78 is 10.6. The Labute approximate surface area is 871 Å². The van der Waals surface area contributed by atoms with Crippen molar-refractivity contribution in [3.05, 3.63) is 534 Å². The van der Waals surface area contributed by atoms with Crippen LogP contribution in [0.1, 0.15) is 0 Å². The van der Waals surface area contributed by atoms with E-state index in [4.69, 9.17) is 0 Å². The van der Waals surface area contributed by atoms with Crippen LogP contribution in [-0.2, 0) is 0 Å². The van der Waals surface area contributed by atoms with E-state index in [1.807, 2.05) is 45.3 Å². The number of anilines is 12. The van der Waals surface area contributed by atoms with Crippen LogP contribution in [0.3, 0.4) is 0 Å². The van der Waals surface area contributed by atoms with Gasteiger partial charge >= 0.3 is 0 Å². The van der Waals surface area contributed by atoms with Gasteiger partial charge in [-0.05, 0) is 255 Å². The minimum Gasteiger partial charge on any atom is -0.310 e. The first-order chi connectivity index (χ1) is 73.4. The Morgan fingerprint density at radius 3 is 0.534 bits per heavy atom. The fourth-order valence-corrected chi connectivity index (χ4v) is 28.1. The second-order valence-corrected chi connectivity index (χ2v) is 42.5. The monoisotopic (exact) mass is 1950 g/mol. The summed E-state index contributed by atoms with van der Waals surface area (Å²) in [5, 5.41) is 25.3. The lowest BCUT2D eigenvalue weighted by Gasteiger charge is -2.29. The second kappa shape index (κ2) is 36.0. The molecule has 4 nitrogen and oxygen atoms in total. The first-order valence-corrected chi connectivity index (χ1v) is 53.7. The van der Waals surface area contributed by atoms with E-state index in [0.717, 1.165) is 68.2 Å². The number of thiophene rings is 4. The third-order valence-electron chi connectivity index (χ3n) is 30.1. The number of hydrogen-bond donors (Lipinski definition) is 0. The van der Waals surface area contributed by atoms with Gasteiger partial charge in [-0.3, -0.25) is 0 Å². The molecule has 0 radical (unpaired) electrons. The molecule has 0 bridgehead atoms. The Morgan fingerprint density at radius 1 is 0.115 bits per heavy atom. The minimum atomic E-state index is 1.09. The lowest BCUT2D eigenvalue weighted by atomic mass is 9.91. The molecule has 148 heavy (non-hydrogen) atoms. The molecule has 0 unspecified atom stereocenters. The zero-order valence-electron chi connectivity index (χ0n) is 80.2. The van der Waals surface area contributed by atoms with Gasteiger partial charge in [-0.15, -0.1) is 45.3 Å². The zero-order valence-corrected chi connectivity index (χ0v) is 83.5. The number of rotatable bonds is 18. The topological polar surface area (TPSA) is 13.0 Å². The third kappa shape index (κ3) is 14.7. The molecule has 26 aromatic carbocycles. The number of nitrogens with zero attached hydrogens (tertiary/aromatic N) is 4. The van der Waals surface area contributed by atoms with Crippen molar-refractivity contribution in [2.75, 3.05) is 19.6 Å². The summed E-state index contributed by atoms with van der Waals surface area (Å²) in [7, 11) is 0. The highest BCUT2D eigenvalue weighted by Gasteiger charge is 2.28. The van der Waals surface area contributed by atoms with E-state index in [1.165, 1.54) is 212 Å². The molecule has 8 heteroatoms. The van der Waals surface area contributed by atoms with Crippen molar-refractivity contribution in [3.63, 3.8) is 0 Å². The molecule has 0 saturated heterocycles. The van der Waals surface area contributed by atoms with Crippen LogP contribution in [0.2, 0.25) is 0 Å². The molecule has 0 amide bonds. The maximum Gasteiger partial charge on any atom is 0.0540 e. The fourth-order valence-electron chi connectivity index (χ4n) is 23.1. The Morgan fingerprint density at radius 2 is 0.297 bits per heavy atom. The molecule has 0 aliphatic rings. The molecule has 0 fully saturated rings. The summed E-state index contributed by atoms with van der Waals surface area (Å²) in [6.45, 7) is 0. The van der Waals surface area contributed by atoms with Gasteiger partial charge in [-0.25, -0.2) is 0 Å². The van der Waals surface area contributed by atoms with Crippen LogP contribution < -0.4 is 19.6 Å². The van der Waals surface area contributed by atoms with E-state index in [0.29, 0.717) is 0 Å². The van der Waals surface area contributed by atoms with Gasteiger partial charge in [0, 0.05) is 148 Å². The lowest BCUT2D eigenvalue weighted by molar-refractivity contribution is 1.30. The summed E-state index contributed by atoms with van der Waals surface area (Å²) in [4.78, 5) is 9.75. The minimum absolute atomic E-state index is 1.09. The van der Waals surface area contributed by atoms with E-state index in [1.54, 1.807) is 0 Å². The highest BCUT2D eigenvalue weighted by atomic mass is 32.1. The molecule has 0 spiro atoms. The van der Waals surface area contributed by atoms with E-state index < -0.39 is 0 Å². The van der Waals surface area contributed by atoms with Gasteiger partial charge in [-0.2, -0.15) is 0 Å². The van der Waals surface area contributed by atoms with Gasteiger partial charge in [0.1, 0.15) is 0 Å². The largest absolute Gasteiger partial charge is 0.310 e. The molecule has 0 aliphatic heterocycles. The van der Waals surface area contributed by atoms with Gasteiger partial charge in [0.25, 0.3) is 0 Å². The van der Waals surface area contributed by atoms with Crippen LogP contribution in [0.25, 0.3) is 212 Å². The summed E-state index contributed by atoms with van der Waals surface area (Å²) in [5.74, 6) is 0. The lowest BCUT2D eigenvalue weighted by Crippen LogP contribution is -2.11. The fraction of sp³-hybridized carbons (Fsp3) is 0. The molecule has 0 atom stereocenters. The summed E-state index contributed by atoms with van der Waals surface area (Å²) in [6, 6.07) is 197. The number of hydrogen-bond acceptors (Lipinski definition) is 8. The van der Waals surface area contributed by atoms with Gasteiger partial charge in [0.05, 0.1) is 22.7 Å². The van der Waals surface area contributed by atoms with Crippen LogP contribution in [0.4, 0.5) is 68.2 Å². The van der Waals surface area contributed by atoms with Crippen LogP contribution in [0.5, 0.6) is 0 Å². The van der Waals surface area contributed by atoms with E-state index in [9.17, 15) is 0 Å². The van der Waals surface area contributed by atoms with Crippen LogP contribution >= 0.6 is 45.3 Å². The van der Waals surface area contributed by atoms with Gasteiger partial charge in [-0.1, -0.05) is 388 Å². The smallest absolute Gasteiger partial charge is 0.0540 e. The Kier molecular flexibility index (Phi) is 21.1. The predicted octanol–water partition coefficient (Wildman–Crippen LogP) is 42.5. The average molecular weight is 1950 g/mol. The molecule has 30 rings (SSSR count). The number of benzene rings is 26. The van der Waals surface area contributed by atoms with Crippen molar-refractivity contribution in [2.45, 2.75) is 0 Å². The van der Waals surface area contributed by atoms with Crippen LogP contribution in [0, 0.1) is 0 Å². The van der Waals surface area contributed by atoms with Crippen LogP contribution in [-0.4, -0.2) is 0 Å².